The zero-order valence-corrected chi connectivity index (χ0v) is 25.2. The van der Waals surface area contributed by atoms with E-state index in [2.05, 4.69) is 48.2 Å². The topological polar surface area (TPSA) is 134 Å². The maximum Gasteiger partial charge on any atom is 0.408 e. The molecule has 10 nitrogen and oxygen atoms in total. The second kappa shape index (κ2) is 16.6. The van der Waals surface area contributed by atoms with Crippen LogP contribution in [0.5, 0.6) is 0 Å². The van der Waals surface area contributed by atoms with Crippen molar-refractivity contribution in [3.8, 4) is 11.8 Å². The standard InChI is InChI=1S/C26H40N4O6.C3H8/c1-9-11-13-17(19(31)22(33)27-15-10-2)28-21(32)18-14-12-16-30(18)23(34)20(25(3,4)5)29-24(35)36-26(6,7)8;1-3-2/h10,17-18,20H,2,12-16H2,1,3-8H3,(H,27,33)(H,28,32)(H,29,35);3H2,1-2H3/t17?,18-,20+;/m0./s1. The fourth-order valence-electron chi connectivity index (χ4n) is 3.63. The summed E-state index contributed by atoms with van der Waals surface area (Å²) in [6, 6.07) is -2.97. The number of carbonyl (C=O) groups excluding carboxylic acids is 5. The van der Waals surface area contributed by atoms with Gasteiger partial charge in [-0.25, -0.2) is 4.79 Å². The highest BCUT2D eigenvalue weighted by molar-refractivity contribution is 6.38. The highest BCUT2D eigenvalue weighted by atomic mass is 16.6. The van der Waals surface area contributed by atoms with Gasteiger partial charge in [-0.2, -0.15) is 0 Å². The lowest BCUT2D eigenvalue weighted by Gasteiger charge is -2.36. The van der Waals surface area contributed by atoms with Gasteiger partial charge in [-0.3, -0.25) is 19.2 Å². The molecular weight excluding hydrogens is 500 g/mol. The molecule has 10 heteroatoms. The largest absolute Gasteiger partial charge is 0.444 e. The summed E-state index contributed by atoms with van der Waals surface area (Å²) in [5.41, 5.74) is -1.41. The van der Waals surface area contributed by atoms with Gasteiger partial charge in [-0.15, -0.1) is 18.4 Å². The Morgan fingerprint density at radius 1 is 1.08 bits per heavy atom. The van der Waals surface area contributed by atoms with Gasteiger partial charge in [0.05, 0.1) is 0 Å². The average molecular weight is 549 g/mol. The van der Waals surface area contributed by atoms with Crippen LogP contribution in [0.25, 0.3) is 0 Å². The number of nitrogens with zero attached hydrogens (tertiary/aromatic N) is 1. The molecule has 4 amide bonds. The van der Waals surface area contributed by atoms with E-state index in [1.807, 2.05) is 0 Å². The first-order valence-corrected chi connectivity index (χ1v) is 13.5. The summed E-state index contributed by atoms with van der Waals surface area (Å²) < 4.78 is 5.32. The maximum absolute atomic E-state index is 13.5. The molecule has 1 saturated heterocycles. The molecule has 1 rings (SSSR count). The third kappa shape index (κ3) is 12.8. The number of likely N-dealkylation sites (tertiary alicyclic amines) is 1. The Balaban J connectivity index is 0.00000458. The zero-order chi connectivity index (χ0) is 30.4. The van der Waals surface area contributed by atoms with E-state index in [1.165, 1.54) is 17.4 Å². The molecule has 1 fully saturated rings. The number of carbonyl (C=O) groups is 5. The molecule has 1 aliphatic heterocycles. The van der Waals surface area contributed by atoms with Gasteiger partial charge in [0.15, 0.2) is 0 Å². The Labute approximate surface area is 234 Å². The van der Waals surface area contributed by atoms with Gasteiger partial charge >= 0.3 is 6.09 Å². The Morgan fingerprint density at radius 2 is 1.67 bits per heavy atom. The first-order valence-electron chi connectivity index (χ1n) is 13.5. The highest BCUT2D eigenvalue weighted by Gasteiger charge is 2.43. The van der Waals surface area contributed by atoms with E-state index >= 15 is 0 Å². The van der Waals surface area contributed by atoms with E-state index in [9.17, 15) is 24.0 Å². The SMILES string of the molecule is C=CCNC(=O)C(=O)C(CC#CC)NC(=O)[C@@H]1CCCN1C(=O)[C@@H](NC(=O)OC(C)(C)C)C(C)(C)C.CCC. The molecule has 0 radical (unpaired) electrons. The summed E-state index contributed by atoms with van der Waals surface area (Å²) in [6.45, 7) is 20.3. The number of ketones is 1. The molecule has 0 saturated carbocycles. The number of rotatable bonds is 9. The molecule has 1 aliphatic rings. The molecule has 1 heterocycles. The summed E-state index contributed by atoms with van der Waals surface area (Å²) in [4.78, 5) is 65.4. The predicted molar refractivity (Wildman–Crippen MR) is 152 cm³/mol. The zero-order valence-electron chi connectivity index (χ0n) is 25.2. The van der Waals surface area contributed by atoms with E-state index in [0.717, 1.165) is 0 Å². The third-order valence-electron chi connectivity index (χ3n) is 5.36. The van der Waals surface area contributed by atoms with Crippen LogP contribution in [0, 0.1) is 17.3 Å². The van der Waals surface area contributed by atoms with Crippen LogP contribution in [0.3, 0.4) is 0 Å². The summed E-state index contributed by atoms with van der Waals surface area (Å²) in [6.07, 6.45) is 2.85. The molecule has 3 N–H and O–H groups in total. The van der Waals surface area contributed by atoms with E-state index < -0.39 is 58.7 Å². The van der Waals surface area contributed by atoms with Gasteiger partial charge in [-0.1, -0.05) is 47.1 Å². The van der Waals surface area contributed by atoms with Crippen LogP contribution in [-0.4, -0.2) is 71.3 Å². The van der Waals surface area contributed by atoms with Crippen molar-refractivity contribution < 1.29 is 28.7 Å². The molecule has 0 bridgehead atoms. The van der Waals surface area contributed by atoms with Crippen molar-refractivity contribution in [3.63, 3.8) is 0 Å². The summed E-state index contributed by atoms with van der Waals surface area (Å²) in [5.74, 6) is 2.71. The smallest absolute Gasteiger partial charge is 0.408 e. The second-order valence-electron chi connectivity index (χ2n) is 11.4. The van der Waals surface area contributed by atoms with Crippen LogP contribution in [0.15, 0.2) is 12.7 Å². The molecule has 3 atom stereocenters. The van der Waals surface area contributed by atoms with Crippen molar-refractivity contribution in [3.05, 3.63) is 12.7 Å². The molecule has 0 aliphatic carbocycles. The number of nitrogens with one attached hydrogen (secondary N) is 3. The van der Waals surface area contributed by atoms with E-state index in [0.29, 0.717) is 19.4 Å². The number of alkyl carbamates (subject to hydrolysis) is 1. The molecule has 220 valence electrons. The number of hydrogen-bond acceptors (Lipinski definition) is 6. The average Bonchev–Trinajstić information content (AvgIpc) is 3.31. The number of Topliss-reactive ketones (excluding diaryl/α,β-unsaturated/α-hetero) is 1. The summed E-state index contributed by atoms with van der Waals surface area (Å²) in [7, 11) is 0. The minimum absolute atomic E-state index is 0.0476. The first-order chi connectivity index (χ1) is 18.0. The Kier molecular flexibility index (Phi) is 15.2. The van der Waals surface area contributed by atoms with E-state index in [-0.39, 0.29) is 13.0 Å². The van der Waals surface area contributed by atoms with Crippen molar-refractivity contribution in [2.24, 2.45) is 5.41 Å². The first kappa shape index (κ1) is 35.6. The molecule has 1 unspecified atom stereocenters. The fraction of sp³-hybridized carbons (Fsp3) is 0.690. The quantitative estimate of drug-likeness (QED) is 0.230. The van der Waals surface area contributed by atoms with E-state index in [4.69, 9.17) is 4.74 Å². The molecule has 0 spiro atoms. The van der Waals surface area contributed by atoms with Crippen molar-refractivity contribution in [1.29, 1.82) is 0 Å². The summed E-state index contributed by atoms with van der Waals surface area (Å²) in [5, 5.41) is 7.66. The molecular formula is C29H48N4O6. The third-order valence-corrected chi connectivity index (χ3v) is 5.36. The highest BCUT2D eigenvalue weighted by Crippen LogP contribution is 2.26. The lowest BCUT2D eigenvalue weighted by molar-refractivity contribution is -0.143. The minimum atomic E-state index is -1.16. The number of amides is 4. The van der Waals surface area contributed by atoms with Crippen molar-refractivity contribution >= 4 is 29.6 Å². The Hall–Kier alpha value is -3.35. The normalized spacial score (nSPS) is 16.2. The van der Waals surface area contributed by atoms with Crippen LogP contribution in [-0.2, 0) is 23.9 Å². The Morgan fingerprint density at radius 3 is 2.15 bits per heavy atom. The van der Waals surface area contributed by atoms with Gasteiger partial charge < -0.3 is 25.6 Å². The number of hydrogen-bond donors (Lipinski definition) is 3. The van der Waals surface area contributed by atoms with Crippen LogP contribution in [0.2, 0.25) is 0 Å². The van der Waals surface area contributed by atoms with Crippen LogP contribution >= 0.6 is 0 Å². The van der Waals surface area contributed by atoms with Gasteiger partial charge in [0.25, 0.3) is 5.91 Å². The number of ether oxygens (including phenoxy) is 1. The van der Waals surface area contributed by atoms with Crippen molar-refractivity contribution in [1.82, 2.24) is 20.9 Å². The fourth-order valence-corrected chi connectivity index (χ4v) is 3.63. The van der Waals surface area contributed by atoms with Gasteiger partial charge in [0.2, 0.25) is 17.6 Å². The van der Waals surface area contributed by atoms with Crippen LogP contribution in [0.1, 0.15) is 88.0 Å². The van der Waals surface area contributed by atoms with Crippen molar-refractivity contribution in [2.75, 3.05) is 13.1 Å². The maximum atomic E-state index is 13.5. The van der Waals surface area contributed by atoms with Gasteiger partial charge in [-0.05, 0) is 46.0 Å². The minimum Gasteiger partial charge on any atom is -0.444 e. The van der Waals surface area contributed by atoms with Crippen molar-refractivity contribution in [2.45, 2.75) is 112 Å². The molecule has 0 aromatic heterocycles. The van der Waals surface area contributed by atoms with Gasteiger partial charge in [0.1, 0.15) is 23.7 Å². The van der Waals surface area contributed by atoms with Gasteiger partial charge in [0, 0.05) is 19.5 Å². The lowest BCUT2D eigenvalue weighted by Crippen LogP contribution is -2.59. The molecule has 0 aromatic carbocycles. The summed E-state index contributed by atoms with van der Waals surface area (Å²) >= 11 is 0. The van der Waals surface area contributed by atoms with E-state index in [1.54, 1.807) is 48.5 Å². The van der Waals surface area contributed by atoms with Crippen LogP contribution < -0.4 is 16.0 Å². The second-order valence-corrected chi connectivity index (χ2v) is 11.4. The van der Waals surface area contributed by atoms with Crippen LogP contribution in [0.4, 0.5) is 4.79 Å². The monoisotopic (exact) mass is 548 g/mol. The lowest BCUT2D eigenvalue weighted by atomic mass is 9.85. The molecule has 39 heavy (non-hydrogen) atoms. The Bertz CT molecular complexity index is 936. The predicted octanol–water partition coefficient (Wildman–Crippen LogP) is 3.10. The molecule has 0 aromatic rings.